The molecule has 0 saturated heterocycles. The first-order chi connectivity index (χ1) is 19.4. The van der Waals surface area contributed by atoms with Gasteiger partial charge in [0.2, 0.25) is 23.5 Å². The van der Waals surface area contributed by atoms with E-state index in [0.717, 1.165) is 29.5 Å². The van der Waals surface area contributed by atoms with Crippen molar-refractivity contribution >= 4 is 29.9 Å². The van der Waals surface area contributed by atoms with Gasteiger partial charge in [0, 0.05) is 35.3 Å². The lowest BCUT2D eigenvalue weighted by Gasteiger charge is -2.35. The van der Waals surface area contributed by atoms with Crippen LogP contribution in [0.15, 0.2) is 66.9 Å². The highest BCUT2D eigenvalue weighted by atomic mass is 35.5. The zero-order valence-corrected chi connectivity index (χ0v) is 23.2. The number of anilines is 1. The number of aromatic amines is 1. The van der Waals surface area contributed by atoms with Crippen molar-refractivity contribution in [3.63, 3.8) is 0 Å². The second kappa shape index (κ2) is 13.3. The number of amides is 2. The maximum atomic E-state index is 14.0. The van der Waals surface area contributed by atoms with Gasteiger partial charge in [-0.2, -0.15) is 5.21 Å². The monoisotopic (exact) mass is 576 g/mol. The fourth-order valence-corrected chi connectivity index (χ4v) is 5.34. The number of H-pyrrole nitrogens is 1. The Kier molecular flexibility index (Phi) is 9.64. The number of rotatable bonds is 9. The average molecular weight is 577 g/mol. The quantitative estimate of drug-likeness (QED) is 0.234. The number of hydrogen-bond donors (Lipinski definition) is 4. The van der Waals surface area contributed by atoms with Crippen molar-refractivity contribution in [2.75, 3.05) is 11.4 Å². The van der Waals surface area contributed by atoms with Crippen LogP contribution in [0.1, 0.15) is 31.2 Å². The molecule has 0 unspecified atom stereocenters. The molecular weight excluding hydrogens is 544 g/mol. The number of carbonyl (C=O) groups excluding carboxylic acids is 2. The van der Waals surface area contributed by atoms with Crippen molar-refractivity contribution in [3.8, 4) is 28.4 Å². The Morgan fingerprint density at radius 3 is 2.27 bits per heavy atom. The number of aromatic hydroxyl groups is 1. The van der Waals surface area contributed by atoms with Crippen molar-refractivity contribution in [1.29, 1.82) is 0 Å². The summed E-state index contributed by atoms with van der Waals surface area (Å²) in [5.41, 5.74) is 15.3. The van der Waals surface area contributed by atoms with Crippen LogP contribution in [-0.2, 0) is 16.0 Å². The molecule has 0 bridgehead atoms. The van der Waals surface area contributed by atoms with Gasteiger partial charge >= 0.3 is 0 Å². The molecule has 1 fully saturated rings. The number of nitrogens with one attached hydrogen (secondary N) is 1. The lowest BCUT2D eigenvalue weighted by atomic mass is 9.81. The second-order valence-corrected chi connectivity index (χ2v) is 10.1. The van der Waals surface area contributed by atoms with Gasteiger partial charge in [0.15, 0.2) is 0 Å². The molecule has 2 amide bonds. The smallest absolute Gasteiger partial charge is 0.240 e. The molecule has 5 rings (SSSR count). The topological polar surface area (TPSA) is 177 Å². The van der Waals surface area contributed by atoms with Gasteiger partial charge in [0.25, 0.3) is 0 Å². The number of aromatic nitrogens is 5. The van der Waals surface area contributed by atoms with E-state index in [1.807, 2.05) is 24.3 Å². The molecule has 4 aromatic rings. The van der Waals surface area contributed by atoms with Gasteiger partial charge in [0.05, 0.1) is 0 Å². The molecule has 1 saturated carbocycles. The highest BCUT2D eigenvalue weighted by Crippen LogP contribution is 2.33. The minimum Gasteiger partial charge on any atom is -0.493 e. The zero-order chi connectivity index (χ0) is 28.1. The Hall–Kier alpha value is -4.35. The second-order valence-electron chi connectivity index (χ2n) is 10.1. The molecule has 214 valence electrons. The Balaban J connectivity index is 0.00000387. The Labute approximate surface area is 243 Å². The number of nitrogens with zero attached hydrogens (tertiary/aromatic N) is 5. The van der Waals surface area contributed by atoms with Crippen molar-refractivity contribution in [2.24, 2.45) is 23.3 Å². The van der Waals surface area contributed by atoms with Crippen LogP contribution in [0.5, 0.6) is 5.88 Å². The summed E-state index contributed by atoms with van der Waals surface area (Å²) in [5.74, 6) is -0.163. The number of carbonyl (C=O) groups is 2. The van der Waals surface area contributed by atoms with Crippen molar-refractivity contribution in [3.05, 3.63) is 72.4 Å². The number of pyridine rings is 1. The number of tetrazole rings is 1. The lowest BCUT2D eigenvalue weighted by Crippen LogP contribution is -2.52. The molecular formula is C29H33ClN8O3. The summed E-state index contributed by atoms with van der Waals surface area (Å²) < 4.78 is 0. The van der Waals surface area contributed by atoms with E-state index in [1.54, 1.807) is 41.3 Å². The molecule has 0 spiro atoms. The summed E-state index contributed by atoms with van der Waals surface area (Å²) in [6.45, 7) is 0.610. The molecule has 1 atom stereocenters. The Morgan fingerprint density at radius 1 is 1.00 bits per heavy atom. The maximum Gasteiger partial charge on any atom is 0.240 e. The van der Waals surface area contributed by atoms with Crippen LogP contribution in [0.4, 0.5) is 5.69 Å². The van der Waals surface area contributed by atoms with Gasteiger partial charge in [-0.25, -0.2) is 4.98 Å². The molecule has 0 radical (unpaired) electrons. The minimum absolute atomic E-state index is 0. The van der Waals surface area contributed by atoms with E-state index < -0.39 is 11.9 Å². The van der Waals surface area contributed by atoms with Crippen LogP contribution in [0.25, 0.3) is 22.5 Å². The first kappa shape index (κ1) is 29.6. The summed E-state index contributed by atoms with van der Waals surface area (Å²) in [7, 11) is 0. The van der Waals surface area contributed by atoms with Gasteiger partial charge in [-0.3, -0.25) is 14.5 Å². The molecule has 11 nitrogen and oxygen atoms in total. The van der Waals surface area contributed by atoms with Crippen LogP contribution in [0, 0.1) is 11.8 Å². The Morgan fingerprint density at radius 2 is 1.68 bits per heavy atom. The minimum atomic E-state index is -0.909. The SMILES string of the molecule is Cl.NC[C@H]1CC[C@H](C(=O)N(c2ccc(-c3nn[nH]n3)cc2)[C@@H](Cc2ccc(-c3cccnc3O)cc2)C(N)=O)CC1. The summed E-state index contributed by atoms with van der Waals surface area (Å²) in [5, 5.41) is 24.2. The summed E-state index contributed by atoms with van der Waals surface area (Å²) in [4.78, 5) is 32.4. The van der Waals surface area contributed by atoms with E-state index in [-0.39, 0.29) is 36.5 Å². The number of primary amides is 1. The number of nitrogens with two attached hydrogens (primary N) is 2. The standard InChI is InChI=1S/C29H32N8O3.ClH/c30-17-19-5-9-22(10-6-19)29(40)37(23-13-11-21(12-14-23)27-33-35-36-34-27)25(26(31)38)16-18-3-7-20(8-4-18)24-2-1-15-32-28(24)39;/h1-4,7-8,11-15,19,22,25H,5-6,9-10,16-17,30H2,(H2,31,38)(H,32,39)(H,33,34,35,36);1H/t19-,22-,25-;/m0./s1. The third kappa shape index (κ3) is 6.69. The van der Waals surface area contributed by atoms with Crippen LogP contribution in [0.3, 0.4) is 0 Å². The van der Waals surface area contributed by atoms with E-state index in [0.29, 0.717) is 42.4 Å². The van der Waals surface area contributed by atoms with E-state index >= 15 is 0 Å². The largest absolute Gasteiger partial charge is 0.493 e. The van der Waals surface area contributed by atoms with Gasteiger partial charge in [-0.15, -0.1) is 22.6 Å². The van der Waals surface area contributed by atoms with Crippen LogP contribution in [-0.4, -0.2) is 55.1 Å². The molecule has 0 aliphatic heterocycles. The highest BCUT2D eigenvalue weighted by Gasteiger charge is 2.36. The molecule has 2 heterocycles. The van der Waals surface area contributed by atoms with E-state index in [2.05, 4.69) is 25.6 Å². The van der Waals surface area contributed by atoms with Gasteiger partial charge in [-0.1, -0.05) is 24.3 Å². The molecule has 6 N–H and O–H groups in total. The average Bonchev–Trinajstić information content (AvgIpc) is 3.53. The fourth-order valence-electron chi connectivity index (χ4n) is 5.34. The summed E-state index contributed by atoms with van der Waals surface area (Å²) >= 11 is 0. The highest BCUT2D eigenvalue weighted by molar-refractivity contribution is 6.01. The molecule has 41 heavy (non-hydrogen) atoms. The predicted octanol–water partition coefficient (Wildman–Crippen LogP) is 3.25. The van der Waals surface area contributed by atoms with Crippen LogP contribution in [0.2, 0.25) is 0 Å². The fraction of sp³-hybridized carbons (Fsp3) is 0.310. The number of halogens is 1. The van der Waals surface area contributed by atoms with E-state index in [4.69, 9.17) is 11.5 Å². The van der Waals surface area contributed by atoms with Gasteiger partial charge in [-0.05, 0) is 90.9 Å². The maximum absolute atomic E-state index is 14.0. The molecule has 1 aliphatic carbocycles. The van der Waals surface area contributed by atoms with Crippen LogP contribution < -0.4 is 16.4 Å². The predicted molar refractivity (Wildman–Crippen MR) is 157 cm³/mol. The third-order valence-corrected chi connectivity index (χ3v) is 7.64. The number of benzene rings is 2. The summed E-state index contributed by atoms with van der Waals surface area (Å²) in [6.07, 6.45) is 4.93. The van der Waals surface area contributed by atoms with Crippen molar-refractivity contribution in [2.45, 2.75) is 38.1 Å². The van der Waals surface area contributed by atoms with Crippen LogP contribution >= 0.6 is 12.4 Å². The van der Waals surface area contributed by atoms with Gasteiger partial charge < -0.3 is 16.6 Å². The van der Waals surface area contributed by atoms with E-state index in [1.165, 1.54) is 6.20 Å². The first-order valence-corrected chi connectivity index (χ1v) is 13.3. The number of hydrogen-bond acceptors (Lipinski definition) is 8. The Bertz CT molecular complexity index is 1440. The first-order valence-electron chi connectivity index (χ1n) is 13.3. The van der Waals surface area contributed by atoms with E-state index in [9.17, 15) is 14.7 Å². The molecule has 12 heteroatoms. The lowest BCUT2D eigenvalue weighted by molar-refractivity contribution is -0.127. The zero-order valence-electron chi connectivity index (χ0n) is 22.4. The van der Waals surface area contributed by atoms with Gasteiger partial charge in [0.1, 0.15) is 6.04 Å². The summed E-state index contributed by atoms with van der Waals surface area (Å²) in [6, 6.07) is 17.2. The molecule has 1 aliphatic rings. The normalized spacial score (nSPS) is 17.3. The molecule has 2 aromatic carbocycles. The molecule has 2 aromatic heterocycles. The van der Waals surface area contributed by atoms with Crippen molar-refractivity contribution in [1.82, 2.24) is 25.6 Å². The third-order valence-electron chi connectivity index (χ3n) is 7.64. The van der Waals surface area contributed by atoms with Crippen molar-refractivity contribution < 1.29 is 14.7 Å².